The van der Waals surface area contributed by atoms with Crippen LogP contribution in [0, 0.1) is 0 Å². The number of aromatic carboxylic acids is 1. The summed E-state index contributed by atoms with van der Waals surface area (Å²) in [5, 5.41) is 24.5. The van der Waals surface area contributed by atoms with Gasteiger partial charge in [0, 0.05) is 33.3 Å². The number of hydrogen-bond acceptors (Lipinski definition) is 7. The fourth-order valence-electron chi connectivity index (χ4n) is 5.57. The van der Waals surface area contributed by atoms with Gasteiger partial charge in [-0.2, -0.15) is 0 Å². The van der Waals surface area contributed by atoms with Crippen molar-refractivity contribution in [1.82, 2.24) is 5.32 Å². The molecular formula is C45H39Cl2N3O8. The summed E-state index contributed by atoms with van der Waals surface area (Å²) in [6, 6.07) is 38.4. The van der Waals surface area contributed by atoms with E-state index in [2.05, 4.69) is 10.6 Å². The maximum Gasteiger partial charge on any atom is 0.337 e. The Morgan fingerprint density at radius 2 is 1.29 bits per heavy atom. The van der Waals surface area contributed by atoms with Gasteiger partial charge in [0.2, 0.25) is 0 Å². The van der Waals surface area contributed by atoms with Gasteiger partial charge in [-0.05, 0) is 104 Å². The molecule has 0 aromatic heterocycles. The first-order chi connectivity index (χ1) is 27.8. The molecule has 6 aromatic carbocycles. The van der Waals surface area contributed by atoms with E-state index < -0.39 is 29.8 Å². The number of nitrogens with one attached hydrogen (secondary N) is 2. The Hall–Kier alpha value is -6.82. The van der Waals surface area contributed by atoms with E-state index in [0.717, 1.165) is 16.9 Å². The molecule has 0 fully saturated rings. The van der Waals surface area contributed by atoms with E-state index in [1.807, 2.05) is 92.7 Å². The van der Waals surface area contributed by atoms with Crippen molar-refractivity contribution in [2.45, 2.75) is 32.4 Å². The van der Waals surface area contributed by atoms with Crippen LogP contribution >= 0.6 is 23.2 Å². The van der Waals surface area contributed by atoms with Crippen LogP contribution in [-0.4, -0.2) is 46.1 Å². The van der Waals surface area contributed by atoms with Gasteiger partial charge < -0.3 is 36.1 Å². The van der Waals surface area contributed by atoms with Gasteiger partial charge in [-0.15, -0.1) is 0 Å². The third kappa shape index (κ3) is 11.8. The minimum atomic E-state index is -1.25. The predicted octanol–water partition coefficient (Wildman–Crippen LogP) is 9.88. The molecule has 2 amide bonds. The lowest BCUT2D eigenvalue weighted by Gasteiger charge is -2.18. The molecule has 11 nitrogen and oxygen atoms in total. The molecule has 0 saturated heterocycles. The van der Waals surface area contributed by atoms with E-state index in [1.54, 1.807) is 30.3 Å². The molecule has 6 N–H and O–H groups in total. The summed E-state index contributed by atoms with van der Waals surface area (Å²) < 4.78 is 11.7. The number of carboxylic acid groups (broad SMARTS) is 2. The smallest absolute Gasteiger partial charge is 0.337 e. The number of ether oxygens (including phenoxy) is 2. The van der Waals surface area contributed by atoms with Crippen LogP contribution < -0.4 is 25.8 Å². The van der Waals surface area contributed by atoms with Crippen molar-refractivity contribution < 1.29 is 38.9 Å². The Morgan fingerprint density at radius 3 is 1.91 bits per heavy atom. The number of benzene rings is 6. The highest BCUT2D eigenvalue weighted by molar-refractivity contribution is 6.31. The van der Waals surface area contributed by atoms with E-state index in [4.69, 9.17) is 43.5 Å². The van der Waals surface area contributed by atoms with Gasteiger partial charge in [-0.25, -0.2) is 9.59 Å². The highest BCUT2D eigenvalue weighted by Crippen LogP contribution is 2.31. The maximum atomic E-state index is 13.4. The Morgan fingerprint density at radius 1 is 0.690 bits per heavy atom. The highest BCUT2D eigenvalue weighted by Gasteiger charge is 2.24. The number of nitrogens with two attached hydrogens (primary N) is 1. The average Bonchev–Trinajstić information content (AvgIpc) is 3.20. The van der Waals surface area contributed by atoms with Crippen LogP contribution in [0.3, 0.4) is 0 Å². The molecule has 1 atom stereocenters. The monoisotopic (exact) mass is 819 g/mol. The number of rotatable bonds is 13. The van der Waals surface area contributed by atoms with Gasteiger partial charge >= 0.3 is 11.9 Å². The number of anilines is 2. The molecule has 0 saturated carbocycles. The summed E-state index contributed by atoms with van der Waals surface area (Å²) in [5.41, 5.74) is 8.69. The van der Waals surface area contributed by atoms with Crippen LogP contribution in [0.1, 0.15) is 50.5 Å². The van der Waals surface area contributed by atoms with Crippen LogP contribution in [0.25, 0.3) is 11.1 Å². The van der Waals surface area contributed by atoms with Crippen molar-refractivity contribution in [3.8, 4) is 28.4 Å². The zero-order valence-electron chi connectivity index (χ0n) is 31.3. The van der Waals surface area contributed by atoms with E-state index >= 15 is 0 Å². The van der Waals surface area contributed by atoms with E-state index in [1.165, 1.54) is 30.3 Å². The molecule has 6 rings (SSSR count). The van der Waals surface area contributed by atoms with Crippen LogP contribution in [-0.2, 0) is 11.2 Å². The van der Waals surface area contributed by atoms with Crippen LogP contribution in [0.2, 0.25) is 10.0 Å². The molecule has 0 aliphatic rings. The number of carbonyl (C=O) groups excluding carboxylic acids is 2. The Kier molecular flexibility index (Phi) is 14.5. The molecule has 0 bridgehead atoms. The normalized spacial score (nSPS) is 11.1. The van der Waals surface area contributed by atoms with Crippen molar-refractivity contribution >= 4 is 58.3 Å². The minimum Gasteiger partial charge on any atom is -0.490 e. The van der Waals surface area contributed by atoms with E-state index in [-0.39, 0.29) is 40.0 Å². The third-order valence-electron chi connectivity index (χ3n) is 8.37. The SMILES string of the molecule is CC(C)Oc1ccccc1-c1ccc(C[C@H](NC(=O)c2cc(Cl)ccc2NC(=O)c2ccc(Oc3ccccc3)cc2)C(=O)O)cc1.Nc1ccc(Cl)cc1C(=O)O. The molecule has 0 aliphatic carbocycles. The molecule has 296 valence electrons. The number of halogens is 2. The molecule has 6 aromatic rings. The quantitative estimate of drug-likeness (QED) is 0.0710. The summed E-state index contributed by atoms with van der Waals surface area (Å²) >= 11 is 11.7. The first-order valence-electron chi connectivity index (χ1n) is 17.9. The Labute approximate surface area is 345 Å². The number of amides is 2. The average molecular weight is 821 g/mol. The summed E-state index contributed by atoms with van der Waals surface area (Å²) in [7, 11) is 0. The summed E-state index contributed by atoms with van der Waals surface area (Å²) in [6.45, 7) is 3.92. The van der Waals surface area contributed by atoms with Crippen LogP contribution in [0.5, 0.6) is 17.2 Å². The summed E-state index contributed by atoms with van der Waals surface area (Å²) in [4.78, 5) is 49.2. The second-order valence-corrected chi connectivity index (χ2v) is 13.9. The van der Waals surface area contributed by atoms with Crippen molar-refractivity contribution in [3.63, 3.8) is 0 Å². The lowest BCUT2D eigenvalue weighted by molar-refractivity contribution is -0.139. The minimum absolute atomic E-state index is 0.00973. The van der Waals surface area contributed by atoms with Crippen molar-refractivity contribution in [1.29, 1.82) is 0 Å². The van der Waals surface area contributed by atoms with Gasteiger partial charge in [0.1, 0.15) is 23.3 Å². The third-order valence-corrected chi connectivity index (χ3v) is 8.84. The fraction of sp³-hybridized carbons (Fsp3) is 0.111. The Bertz CT molecular complexity index is 2390. The van der Waals surface area contributed by atoms with Crippen molar-refractivity contribution in [2.75, 3.05) is 11.1 Å². The number of carboxylic acids is 2. The van der Waals surface area contributed by atoms with Crippen LogP contribution in [0.15, 0.2) is 140 Å². The second-order valence-electron chi connectivity index (χ2n) is 13.0. The standard InChI is InChI=1S/C38H33ClN2O6.C7H6ClNO2/c1-24(2)46-35-11-7-6-10-31(35)26-14-12-25(13-15-26)22-34(38(44)45)41-37(43)32-23-28(39)18-21-33(32)40-36(42)27-16-19-30(20-17-27)47-29-8-4-3-5-9-29;8-4-1-2-6(9)5(3-4)7(10)11/h3-21,23-24,34H,22H2,1-2H3,(H,40,42)(H,41,43)(H,44,45);1-3H,9H2,(H,10,11)/t34-;/m0./s1. The van der Waals surface area contributed by atoms with E-state index in [9.17, 15) is 24.3 Å². The van der Waals surface area contributed by atoms with Crippen molar-refractivity contribution in [2.24, 2.45) is 0 Å². The molecule has 13 heteroatoms. The fourth-order valence-corrected chi connectivity index (χ4v) is 5.92. The predicted molar refractivity (Wildman–Crippen MR) is 225 cm³/mol. The Balaban J connectivity index is 0.000000503. The molecule has 0 aliphatic heterocycles. The zero-order valence-corrected chi connectivity index (χ0v) is 32.8. The first kappa shape index (κ1) is 42.3. The van der Waals surface area contributed by atoms with Gasteiger partial charge in [0.25, 0.3) is 11.8 Å². The van der Waals surface area contributed by atoms with Gasteiger partial charge in [0.15, 0.2) is 0 Å². The van der Waals surface area contributed by atoms with Gasteiger partial charge in [0.05, 0.1) is 22.9 Å². The van der Waals surface area contributed by atoms with Gasteiger partial charge in [-0.3, -0.25) is 9.59 Å². The number of hydrogen-bond donors (Lipinski definition) is 5. The van der Waals surface area contributed by atoms with Crippen molar-refractivity contribution in [3.05, 3.63) is 172 Å². The topological polar surface area (TPSA) is 177 Å². The summed E-state index contributed by atoms with van der Waals surface area (Å²) in [5.74, 6) is -1.46. The number of carbonyl (C=O) groups is 4. The second kappa shape index (κ2) is 19.9. The van der Waals surface area contributed by atoms with E-state index in [0.29, 0.717) is 27.6 Å². The summed E-state index contributed by atoms with van der Waals surface area (Å²) in [6.07, 6.45) is 0.0426. The molecule has 0 unspecified atom stereocenters. The lowest BCUT2D eigenvalue weighted by atomic mass is 9.99. The van der Waals surface area contributed by atoms with Gasteiger partial charge in [-0.1, -0.05) is 83.9 Å². The first-order valence-corrected chi connectivity index (χ1v) is 18.6. The number of nitrogen functional groups attached to an aromatic ring is 1. The number of aliphatic carboxylic acids is 1. The molecular weight excluding hydrogens is 781 g/mol. The zero-order chi connectivity index (χ0) is 41.8. The molecule has 58 heavy (non-hydrogen) atoms. The van der Waals surface area contributed by atoms with Crippen LogP contribution in [0.4, 0.5) is 11.4 Å². The molecule has 0 heterocycles. The largest absolute Gasteiger partial charge is 0.490 e. The maximum absolute atomic E-state index is 13.4. The highest BCUT2D eigenvalue weighted by atomic mass is 35.5. The lowest BCUT2D eigenvalue weighted by Crippen LogP contribution is -2.42. The molecule has 0 radical (unpaired) electrons. The molecule has 0 spiro atoms. The number of para-hydroxylation sites is 2.